The molecule has 1 N–H and O–H groups in total. The molecular formula is C17H19N3O. The van der Waals surface area contributed by atoms with Crippen LogP contribution < -0.4 is 0 Å². The number of rotatable bonds is 5. The molecule has 0 spiro atoms. The van der Waals surface area contributed by atoms with Crippen LogP contribution in [0.2, 0.25) is 0 Å². The van der Waals surface area contributed by atoms with Gasteiger partial charge >= 0.3 is 0 Å². The topological polar surface area (TPSA) is 45.1 Å². The minimum Gasteiger partial charge on any atom is -0.461 e. The van der Waals surface area contributed by atoms with Crippen LogP contribution in [0.1, 0.15) is 17.0 Å². The number of nitrogens with one attached hydrogen (secondary N) is 1. The Bertz CT molecular complexity index is 700. The number of benzene rings is 1. The van der Waals surface area contributed by atoms with Gasteiger partial charge in [-0.25, -0.2) is 0 Å². The Hall–Kier alpha value is -2.33. The maximum Gasteiger partial charge on any atom is 0.134 e. The summed E-state index contributed by atoms with van der Waals surface area (Å²) in [5.41, 5.74) is 3.51. The minimum atomic E-state index is 0.851. The number of hydrogen-bond donors (Lipinski definition) is 1. The highest BCUT2D eigenvalue weighted by Crippen LogP contribution is 2.23. The minimum absolute atomic E-state index is 0.851. The number of furan rings is 1. The van der Waals surface area contributed by atoms with E-state index in [9.17, 15) is 0 Å². The molecule has 0 bridgehead atoms. The van der Waals surface area contributed by atoms with E-state index >= 15 is 0 Å². The monoisotopic (exact) mass is 281 g/mol. The van der Waals surface area contributed by atoms with Crippen LogP contribution in [0.25, 0.3) is 11.3 Å². The summed E-state index contributed by atoms with van der Waals surface area (Å²) in [7, 11) is 2.10. The standard InChI is InChI=1S/C17H19N3O/c1-13-6-7-17(21-13)15-5-3-4-14(10-15)11-20(2)12-16-8-9-18-19-16/h3-10H,11-12H2,1-2H3,(H,18,19). The number of aromatic nitrogens is 2. The fourth-order valence-corrected chi connectivity index (χ4v) is 2.44. The highest BCUT2D eigenvalue weighted by atomic mass is 16.3. The third-order valence-electron chi connectivity index (χ3n) is 3.40. The lowest BCUT2D eigenvalue weighted by Crippen LogP contribution is -2.17. The van der Waals surface area contributed by atoms with Crippen LogP contribution in [0.15, 0.2) is 53.1 Å². The summed E-state index contributed by atoms with van der Waals surface area (Å²) in [5.74, 6) is 1.86. The first-order chi connectivity index (χ1) is 10.2. The molecule has 0 atom stereocenters. The predicted molar refractivity (Wildman–Crippen MR) is 82.6 cm³/mol. The van der Waals surface area contributed by atoms with Gasteiger partial charge in [0.25, 0.3) is 0 Å². The summed E-state index contributed by atoms with van der Waals surface area (Å²) >= 11 is 0. The Labute approximate surface area is 124 Å². The van der Waals surface area contributed by atoms with Gasteiger partial charge in [-0.15, -0.1) is 0 Å². The second kappa shape index (κ2) is 5.97. The molecule has 0 unspecified atom stereocenters. The molecule has 4 nitrogen and oxygen atoms in total. The quantitative estimate of drug-likeness (QED) is 0.777. The van der Waals surface area contributed by atoms with E-state index in [4.69, 9.17) is 4.42 Å². The molecule has 0 aliphatic heterocycles. The SMILES string of the molecule is Cc1ccc(-c2cccc(CN(C)Cc3ccn[nH]3)c2)o1. The zero-order valence-corrected chi connectivity index (χ0v) is 12.3. The van der Waals surface area contributed by atoms with Gasteiger partial charge in [0.1, 0.15) is 11.5 Å². The lowest BCUT2D eigenvalue weighted by atomic mass is 10.1. The lowest BCUT2D eigenvalue weighted by molar-refractivity contribution is 0.315. The molecule has 0 aliphatic carbocycles. The van der Waals surface area contributed by atoms with E-state index in [1.54, 1.807) is 6.20 Å². The van der Waals surface area contributed by atoms with Crippen molar-refractivity contribution in [3.05, 3.63) is 65.7 Å². The van der Waals surface area contributed by atoms with Crippen LogP contribution in [-0.2, 0) is 13.1 Å². The van der Waals surface area contributed by atoms with Gasteiger partial charge < -0.3 is 4.42 Å². The van der Waals surface area contributed by atoms with Crippen molar-refractivity contribution in [1.29, 1.82) is 0 Å². The van der Waals surface area contributed by atoms with E-state index in [0.29, 0.717) is 0 Å². The molecule has 1 aromatic carbocycles. The zero-order chi connectivity index (χ0) is 14.7. The number of H-pyrrole nitrogens is 1. The maximum atomic E-state index is 5.69. The van der Waals surface area contributed by atoms with Gasteiger partial charge in [0.2, 0.25) is 0 Å². The van der Waals surface area contributed by atoms with Crippen LogP contribution in [0.5, 0.6) is 0 Å². The van der Waals surface area contributed by atoms with Crippen molar-refractivity contribution in [3.63, 3.8) is 0 Å². The third kappa shape index (κ3) is 3.41. The number of nitrogens with zero attached hydrogens (tertiary/aromatic N) is 2. The van der Waals surface area contributed by atoms with E-state index in [-0.39, 0.29) is 0 Å². The van der Waals surface area contributed by atoms with Crippen molar-refractivity contribution in [1.82, 2.24) is 15.1 Å². The molecule has 0 aliphatic rings. The summed E-state index contributed by atoms with van der Waals surface area (Å²) in [6, 6.07) is 14.5. The van der Waals surface area contributed by atoms with Gasteiger partial charge in [0, 0.05) is 30.5 Å². The molecule has 0 radical (unpaired) electrons. The van der Waals surface area contributed by atoms with E-state index in [1.807, 2.05) is 25.1 Å². The molecule has 3 rings (SSSR count). The Morgan fingerprint density at radius 1 is 1.14 bits per heavy atom. The van der Waals surface area contributed by atoms with Crippen molar-refractivity contribution in [3.8, 4) is 11.3 Å². The average Bonchev–Trinajstić information content (AvgIpc) is 3.10. The summed E-state index contributed by atoms with van der Waals surface area (Å²) in [6.07, 6.45) is 1.78. The molecule has 21 heavy (non-hydrogen) atoms. The zero-order valence-electron chi connectivity index (χ0n) is 12.3. The number of hydrogen-bond acceptors (Lipinski definition) is 3. The van der Waals surface area contributed by atoms with Gasteiger partial charge in [-0.1, -0.05) is 18.2 Å². The Balaban J connectivity index is 1.71. The Morgan fingerprint density at radius 2 is 2.05 bits per heavy atom. The van der Waals surface area contributed by atoms with Gasteiger partial charge in [-0.2, -0.15) is 5.10 Å². The molecule has 4 heteroatoms. The van der Waals surface area contributed by atoms with E-state index in [2.05, 4.69) is 46.4 Å². The predicted octanol–water partition coefficient (Wildman–Crippen LogP) is 3.61. The first-order valence-corrected chi connectivity index (χ1v) is 7.03. The number of aryl methyl sites for hydroxylation is 1. The van der Waals surface area contributed by atoms with Crippen LogP contribution >= 0.6 is 0 Å². The second-order valence-corrected chi connectivity index (χ2v) is 5.36. The molecule has 2 aromatic heterocycles. The van der Waals surface area contributed by atoms with Crippen molar-refractivity contribution >= 4 is 0 Å². The molecule has 0 saturated carbocycles. The van der Waals surface area contributed by atoms with Crippen molar-refractivity contribution in [2.45, 2.75) is 20.0 Å². The molecular weight excluding hydrogens is 262 g/mol. The summed E-state index contributed by atoms with van der Waals surface area (Å²) in [4.78, 5) is 2.25. The summed E-state index contributed by atoms with van der Waals surface area (Å²) in [5, 5.41) is 6.96. The first-order valence-electron chi connectivity index (χ1n) is 7.03. The molecule has 0 fully saturated rings. The van der Waals surface area contributed by atoms with Gasteiger partial charge in [0.15, 0.2) is 0 Å². The van der Waals surface area contributed by atoms with Crippen LogP contribution in [0.4, 0.5) is 0 Å². The summed E-state index contributed by atoms with van der Waals surface area (Å²) in [6.45, 7) is 3.70. The molecule has 0 saturated heterocycles. The molecule has 3 aromatic rings. The van der Waals surface area contributed by atoms with Gasteiger partial charge in [-0.05, 0) is 43.8 Å². The fourth-order valence-electron chi connectivity index (χ4n) is 2.44. The Morgan fingerprint density at radius 3 is 2.76 bits per heavy atom. The van der Waals surface area contributed by atoms with E-state index in [1.165, 1.54) is 5.56 Å². The highest BCUT2D eigenvalue weighted by molar-refractivity contribution is 5.58. The van der Waals surface area contributed by atoms with Gasteiger partial charge in [0.05, 0.1) is 0 Å². The second-order valence-electron chi connectivity index (χ2n) is 5.36. The lowest BCUT2D eigenvalue weighted by Gasteiger charge is -2.16. The largest absolute Gasteiger partial charge is 0.461 e. The van der Waals surface area contributed by atoms with Crippen LogP contribution in [0, 0.1) is 6.92 Å². The molecule has 0 amide bonds. The maximum absolute atomic E-state index is 5.69. The van der Waals surface area contributed by atoms with Crippen molar-refractivity contribution < 1.29 is 4.42 Å². The van der Waals surface area contributed by atoms with Crippen molar-refractivity contribution in [2.24, 2.45) is 0 Å². The van der Waals surface area contributed by atoms with Crippen LogP contribution in [-0.4, -0.2) is 22.1 Å². The van der Waals surface area contributed by atoms with Crippen molar-refractivity contribution in [2.75, 3.05) is 7.05 Å². The number of aromatic amines is 1. The van der Waals surface area contributed by atoms with Crippen LogP contribution in [0.3, 0.4) is 0 Å². The summed E-state index contributed by atoms with van der Waals surface area (Å²) < 4.78 is 5.69. The molecule has 108 valence electrons. The van der Waals surface area contributed by atoms with E-state index in [0.717, 1.165) is 35.9 Å². The fraction of sp³-hybridized carbons (Fsp3) is 0.235. The third-order valence-corrected chi connectivity index (χ3v) is 3.40. The smallest absolute Gasteiger partial charge is 0.134 e. The van der Waals surface area contributed by atoms with Gasteiger partial charge in [-0.3, -0.25) is 10.00 Å². The Kier molecular flexibility index (Phi) is 3.88. The normalized spacial score (nSPS) is 11.2. The first kappa shape index (κ1) is 13.6. The highest BCUT2D eigenvalue weighted by Gasteiger charge is 2.06. The average molecular weight is 281 g/mol. The molecule has 2 heterocycles. The van der Waals surface area contributed by atoms with E-state index < -0.39 is 0 Å².